The third kappa shape index (κ3) is 1.07. The maximum Gasteiger partial charge on any atom is 0.259 e. The minimum absolute atomic E-state index is 0.0921. The highest BCUT2D eigenvalue weighted by Crippen LogP contribution is 2.31. The molecule has 1 aromatic rings. The van der Waals surface area contributed by atoms with Crippen molar-refractivity contribution in [2.24, 2.45) is 0 Å². The average molecular weight is 179 g/mol. The van der Waals surface area contributed by atoms with Crippen LogP contribution in [0.4, 0.5) is 10.1 Å². The Morgan fingerprint density at radius 2 is 2.23 bits per heavy atom. The summed E-state index contributed by atoms with van der Waals surface area (Å²) in [4.78, 5) is 11.1. The Morgan fingerprint density at radius 3 is 2.92 bits per heavy atom. The molecule has 1 aromatic carbocycles. The molecule has 0 radical (unpaired) electrons. The van der Waals surface area contributed by atoms with Gasteiger partial charge in [0.05, 0.1) is 11.8 Å². The molecule has 0 unspecified atom stereocenters. The molecule has 1 aliphatic rings. The van der Waals surface area contributed by atoms with Crippen molar-refractivity contribution in [2.45, 2.75) is 0 Å². The molecule has 0 fully saturated rings. The minimum Gasteiger partial charge on any atom is -0.515 e. The lowest BCUT2D eigenvalue weighted by atomic mass is 10.1. The van der Waals surface area contributed by atoms with Gasteiger partial charge in [0.25, 0.3) is 5.91 Å². The summed E-state index contributed by atoms with van der Waals surface area (Å²) in [6.45, 7) is 0. The van der Waals surface area contributed by atoms with Crippen LogP contribution in [0.15, 0.2) is 24.5 Å². The van der Waals surface area contributed by atoms with Crippen LogP contribution < -0.4 is 5.32 Å². The molecule has 1 heterocycles. The molecule has 0 aliphatic carbocycles. The van der Waals surface area contributed by atoms with E-state index in [0.29, 0.717) is 17.5 Å². The van der Waals surface area contributed by atoms with E-state index in [4.69, 9.17) is 5.11 Å². The van der Waals surface area contributed by atoms with Gasteiger partial charge >= 0.3 is 0 Å². The summed E-state index contributed by atoms with van der Waals surface area (Å²) in [7, 11) is 0. The second-order valence-corrected chi connectivity index (χ2v) is 2.69. The Balaban J connectivity index is 2.63. The number of hydrogen-bond donors (Lipinski definition) is 2. The number of aliphatic hydroxyl groups excluding tert-OH is 1. The second-order valence-electron chi connectivity index (χ2n) is 2.69. The molecule has 2 rings (SSSR count). The predicted octanol–water partition coefficient (Wildman–Crippen LogP) is 1.68. The first-order chi connectivity index (χ1) is 6.22. The highest BCUT2D eigenvalue weighted by atomic mass is 19.1. The lowest BCUT2D eigenvalue weighted by molar-refractivity contribution is -0.110. The van der Waals surface area contributed by atoms with Crippen LogP contribution in [-0.2, 0) is 4.79 Å². The molecule has 66 valence electrons. The number of rotatable bonds is 0. The SMILES string of the molecule is O=C1Nc2ccc(F)cc2C1=CO. The number of anilines is 1. The molecule has 0 saturated heterocycles. The number of fused-ring (bicyclic) bond motifs is 1. The summed E-state index contributed by atoms with van der Waals surface area (Å²) in [5, 5.41) is 11.2. The Morgan fingerprint density at radius 1 is 1.46 bits per heavy atom. The van der Waals surface area contributed by atoms with Crippen LogP contribution in [0.3, 0.4) is 0 Å². The van der Waals surface area contributed by atoms with E-state index in [9.17, 15) is 9.18 Å². The fraction of sp³-hybridized carbons (Fsp3) is 0. The number of carbonyl (C=O) groups is 1. The van der Waals surface area contributed by atoms with Gasteiger partial charge in [-0.2, -0.15) is 0 Å². The third-order valence-electron chi connectivity index (χ3n) is 1.89. The van der Waals surface area contributed by atoms with Crippen molar-refractivity contribution < 1.29 is 14.3 Å². The average Bonchev–Trinajstić information content (AvgIpc) is 2.40. The molecule has 0 atom stereocenters. The van der Waals surface area contributed by atoms with Crippen molar-refractivity contribution in [3.63, 3.8) is 0 Å². The molecule has 2 N–H and O–H groups in total. The van der Waals surface area contributed by atoms with Crippen LogP contribution in [0.1, 0.15) is 5.56 Å². The van der Waals surface area contributed by atoms with E-state index in [1.54, 1.807) is 0 Å². The number of aliphatic hydroxyl groups is 1. The first kappa shape index (κ1) is 7.79. The summed E-state index contributed by atoms with van der Waals surface area (Å²) in [6.07, 6.45) is 0.681. The van der Waals surface area contributed by atoms with Gasteiger partial charge in [-0.3, -0.25) is 4.79 Å². The van der Waals surface area contributed by atoms with Crippen molar-refractivity contribution in [1.82, 2.24) is 0 Å². The van der Waals surface area contributed by atoms with Crippen molar-refractivity contribution in [2.75, 3.05) is 5.32 Å². The molecule has 0 spiro atoms. The van der Waals surface area contributed by atoms with Crippen molar-refractivity contribution in [1.29, 1.82) is 0 Å². The highest BCUT2D eigenvalue weighted by molar-refractivity contribution is 6.31. The minimum atomic E-state index is -0.436. The Kier molecular flexibility index (Phi) is 1.55. The molecule has 0 bridgehead atoms. The van der Waals surface area contributed by atoms with Crippen molar-refractivity contribution >= 4 is 17.2 Å². The topological polar surface area (TPSA) is 49.3 Å². The summed E-state index contributed by atoms with van der Waals surface area (Å²) in [6, 6.07) is 3.91. The van der Waals surface area contributed by atoms with E-state index < -0.39 is 11.7 Å². The van der Waals surface area contributed by atoms with Gasteiger partial charge in [-0.15, -0.1) is 0 Å². The molecule has 1 aliphatic heterocycles. The van der Waals surface area contributed by atoms with Crippen LogP contribution in [0.5, 0.6) is 0 Å². The van der Waals surface area contributed by atoms with E-state index in [1.165, 1.54) is 18.2 Å². The molecular weight excluding hydrogens is 173 g/mol. The maximum atomic E-state index is 12.8. The standard InChI is InChI=1S/C9H6FNO2/c10-5-1-2-8-6(3-5)7(4-12)9(13)11-8/h1-4,12H,(H,11,13). The lowest BCUT2D eigenvalue weighted by Gasteiger charge is -1.95. The van der Waals surface area contributed by atoms with Crippen LogP contribution in [0.2, 0.25) is 0 Å². The number of amides is 1. The van der Waals surface area contributed by atoms with E-state index in [-0.39, 0.29) is 5.57 Å². The van der Waals surface area contributed by atoms with Gasteiger partial charge in [-0.25, -0.2) is 4.39 Å². The van der Waals surface area contributed by atoms with Crippen LogP contribution in [-0.4, -0.2) is 11.0 Å². The fourth-order valence-corrected chi connectivity index (χ4v) is 1.29. The van der Waals surface area contributed by atoms with Gasteiger partial charge < -0.3 is 10.4 Å². The normalized spacial score (nSPS) is 17.3. The van der Waals surface area contributed by atoms with Gasteiger partial charge in [0.2, 0.25) is 0 Å². The summed E-state index contributed by atoms with van der Waals surface area (Å²) in [5.41, 5.74) is 1.01. The second kappa shape index (κ2) is 2.58. The smallest absolute Gasteiger partial charge is 0.259 e. The van der Waals surface area contributed by atoms with Crippen LogP contribution in [0.25, 0.3) is 5.57 Å². The van der Waals surface area contributed by atoms with Gasteiger partial charge in [0.15, 0.2) is 0 Å². The maximum absolute atomic E-state index is 12.8. The van der Waals surface area contributed by atoms with Crippen LogP contribution >= 0.6 is 0 Å². The number of halogens is 1. The fourth-order valence-electron chi connectivity index (χ4n) is 1.29. The molecule has 1 amide bonds. The van der Waals surface area contributed by atoms with Gasteiger partial charge in [-0.05, 0) is 18.2 Å². The molecule has 13 heavy (non-hydrogen) atoms. The molecular formula is C9H6FNO2. The van der Waals surface area contributed by atoms with E-state index in [1.807, 2.05) is 0 Å². The monoisotopic (exact) mass is 179 g/mol. The zero-order chi connectivity index (χ0) is 9.42. The summed E-state index contributed by atoms with van der Waals surface area (Å²) >= 11 is 0. The lowest BCUT2D eigenvalue weighted by Crippen LogP contribution is -2.03. The van der Waals surface area contributed by atoms with E-state index >= 15 is 0 Å². The van der Waals surface area contributed by atoms with Gasteiger partial charge in [0.1, 0.15) is 5.82 Å². The van der Waals surface area contributed by atoms with Gasteiger partial charge in [0, 0.05) is 11.3 Å². The zero-order valence-corrected chi connectivity index (χ0v) is 6.54. The molecule has 3 nitrogen and oxygen atoms in total. The largest absolute Gasteiger partial charge is 0.515 e. The van der Waals surface area contributed by atoms with Crippen molar-refractivity contribution in [3.8, 4) is 0 Å². The van der Waals surface area contributed by atoms with Crippen LogP contribution in [0, 0.1) is 5.82 Å². The highest BCUT2D eigenvalue weighted by Gasteiger charge is 2.24. The first-order valence-electron chi connectivity index (χ1n) is 3.68. The first-order valence-corrected chi connectivity index (χ1v) is 3.68. The van der Waals surface area contributed by atoms with Gasteiger partial charge in [-0.1, -0.05) is 0 Å². The number of benzene rings is 1. The molecule has 4 heteroatoms. The predicted molar refractivity (Wildman–Crippen MR) is 45.6 cm³/mol. The number of hydrogen-bond acceptors (Lipinski definition) is 2. The van der Waals surface area contributed by atoms with E-state index in [2.05, 4.69) is 5.32 Å². The summed E-state index contributed by atoms with van der Waals surface area (Å²) in [5.74, 6) is -0.849. The number of carbonyl (C=O) groups excluding carboxylic acids is 1. The molecule has 0 aromatic heterocycles. The zero-order valence-electron chi connectivity index (χ0n) is 6.54. The number of nitrogens with one attached hydrogen (secondary N) is 1. The third-order valence-corrected chi connectivity index (χ3v) is 1.89. The van der Waals surface area contributed by atoms with Crippen molar-refractivity contribution in [3.05, 3.63) is 35.8 Å². The Hall–Kier alpha value is -1.84. The van der Waals surface area contributed by atoms with E-state index in [0.717, 1.165) is 0 Å². The summed E-state index contributed by atoms with van der Waals surface area (Å²) < 4.78 is 12.8. The quantitative estimate of drug-likeness (QED) is 0.470. The Labute approximate surface area is 73.5 Å². The molecule has 0 saturated carbocycles. The Bertz CT molecular complexity index is 412.